The Balaban J connectivity index is 2.10. The molecule has 1 aromatic rings. The van der Waals surface area contributed by atoms with Gasteiger partial charge in [0.25, 0.3) is 0 Å². The predicted octanol–water partition coefficient (Wildman–Crippen LogP) is 4.17. The van der Waals surface area contributed by atoms with Crippen molar-refractivity contribution in [2.24, 2.45) is 5.92 Å². The lowest BCUT2D eigenvalue weighted by Crippen LogP contribution is -2.39. The molecule has 2 rings (SSSR count). The van der Waals surface area contributed by atoms with Crippen LogP contribution in [0.15, 0.2) is 24.3 Å². The van der Waals surface area contributed by atoms with Gasteiger partial charge < -0.3 is 10.1 Å². The summed E-state index contributed by atoms with van der Waals surface area (Å²) >= 11 is 0. The van der Waals surface area contributed by atoms with E-state index in [4.69, 9.17) is 4.74 Å². The molecule has 1 aliphatic rings. The van der Waals surface area contributed by atoms with Crippen molar-refractivity contribution < 1.29 is 17.9 Å². The highest BCUT2D eigenvalue weighted by atomic mass is 19.4. The number of halogens is 3. The molecule has 0 bridgehead atoms. The summed E-state index contributed by atoms with van der Waals surface area (Å²) in [7, 11) is 0. The number of ether oxygens (including phenoxy) is 1. The number of alkyl halides is 3. The van der Waals surface area contributed by atoms with Crippen LogP contribution in [0.5, 0.6) is 0 Å². The highest BCUT2D eigenvalue weighted by Crippen LogP contribution is 2.31. The van der Waals surface area contributed by atoms with Crippen LogP contribution in [0.2, 0.25) is 0 Å². The quantitative estimate of drug-likeness (QED) is 0.901. The minimum atomic E-state index is -4.28. The largest absolute Gasteiger partial charge is 0.416 e. The second-order valence-corrected chi connectivity index (χ2v) is 5.89. The Bertz CT molecular complexity index is 436. The van der Waals surface area contributed by atoms with E-state index in [0.717, 1.165) is 43.8 Å². The fourth-order valence-electron chi connectivity index (χ4n) is 2.67. The van der Waals surface area contributed by atoms with Gasteiger partial charge >= 0.3 is 6.18 Å². The molecule has 118 valence electrons. The molecular formula is C16H22F3NO. The molecule has 0 spiro atoms. The molecule has 1 atom stereocenters. The van der Waals surface area contributed by atoms with E-state index in [0.29, 0.717) is 12.0 Å². The van der Waals surface area contributed by atoms with Gasteiger partial charge in [0.2, 0.25) is 0 Å². The molecule has 2 nitrogen and oxygen atoms in total. The average Bonchev–Trinajstić information content (AvgIpc) is 2.45. The van der Waals surface area contributed by atoms with E-state index in [1.54, 1.807) is 12.1 Å². The Kier molecular flexibility index (Phi) is 5.27. The summed E-state index contributed by atoms with van der Waals surface area (Å²) in [5.41, 5.74) is 0.310. The summed E-state index contributed by atoms with van der Waals surface area (Å²) in [6.45, 7) is 5.65. The van der Waals surface area contributed by atoms with Crippen molar-refractivity contribution in [3.05, 3.63) is 35.4 Å². The van der Waals surface area contributed by atoms with Crippen LogP contribution in [-0.2, 0) is 10.9 Å². The molecule has 0 aromatic heterocycles. The molecule has 1 heterocycles. The maximum atomic E-state index is 12.6. The fraction of sp³-hybridized carbons (Fsp3) is 0.625. The lowest BCUT2D eigenvalue weighted by molar-refractivity contribution is -0.137. The topological polar surface area (TPSA) is 21.3 Å². The Labute approximate surface area is 123 Å². The number of rotatable bonds is 4. The summed E-state index contributed by atoms with van der Waals surface area (Å²) in [6.07, 6.45) is -2.38. The molecule has 0 aliphatic carbocycles. The van der Waals surface area contributed by atoms with Crippen molar-refractivity contribution in [3.8, 4) is 0 Å². The summed E-state index contributed by atoms with van der Waals surface area (Å²) in [6, 6.07) is 5.93. The van der Waals surface area contributed by atoms with E-state index in [-0.39, 0.29) is 6.04 Å². The minimum Gasteiger partial charge on any atom is -0.381 e. The van der Waals surface area contributed by atoms with Crippen molar-refractivity contribution in [3.63, 3.8) is 0 Å². The van der Waals surface area contributed by atoms with Gasteiger partial charge in [-0.15, -0.1) is 0 Å². The Morgan fingerprint density at radius 1 is 1.10 bits per heavy atom. The van der Waals surface area contributed by atoms with E-state index in [2.05, 4.69) is 19.2 Å². The molecule has 1 N–H and O–H groups in total. The molecular weight excluding hydrogens is 279 g/mol. The van der Waals surface area contributed by atoms with Crippen molar-refractivity contribution in [1.29, 1.82) is 0 Å². The van der Waals surface area contributed by atoms with Gasteiger partial charge in [-0.3, -0.25) is 0 Å². The first-order chi connectivity index (χ1) is 9.88. The smallest absolute Gasteiger partial charge is 0.381 e. The first-order valence-corrected chi connectivity index (χ1v) is 7.39. The van der Waals surface area contributed by atoms with Gasteiger partial charge in [-0.05, 0) is 36.5 Å². The summed E-state index contributed by atoms with van der Waals surface area (Å²) in [4.78, 5) is 0. The number of hydrogen-bond acceptors (Lipinski definition) is 2. The molecule has 5 heteroatoms. The van der Waals surface area contributed by atoms with Crippen LogP contribution in [0, 0.1) is 5.92 Å². The summed E-state index contributed by atoms with van der Waals surface area (Å²) < 4.78 is 43.2. The summed E-state index contributed by atoms with van der Waals surface area (Å²) in [5, 5.41) is 3.57. The Hall–Kier alpha value is -1.07. The van der Waals surface area contributed by atoms with Crippen molar-refractivity contribution >= 4 is 0 Å². The van der Waals surface area contributed by atoms with Crippen LogP contribution < -0.4 is 5.32 Å². The lowest BCUT2D eigenvalue weighted by Gasteiger charge is -2.31. The number of hydrogen-bond donors (Lipinski definition) is 1. The van der Waals surface area contributed by atoms with Gasteiger partial charge in [-0.1, -0.05) is 26.0 Å². The zero-order valence-corrected chi connectivity index (χ0v) is 12.4. The maximum absolute atomic E-state index is 12.6. The molecule has 0 saturated carbocycles. The summed E-state index contributed by atoms with van der Waals surface area (Å²) in [5.74, 6) is 0.310. The van der Waals surface area contributed by atoms with Crippen LogP contribution >= 0.6 is 0 Å². The maximum Gasteiger partial charge on any atom is 0.416 e. The molecule has 1 fully saturated rings. The molecule has 1 aromatic carbocycles. The van der Waals surface area contributed by atoms with E-state index < -0.39 is 11.7 Å². The first kappa shape index (κ1) is 16.3. The van der Waals surface area contributed by atoms with Gasteiger partial charge in [0.05, 0.1) is 5.56 Å². The lowest BCUT2D eigenvalue weighted by atomic mass is 9.93. The van der Waals surface area contributed by atoms with Crippen molar-refractivity contribution in [1.82, 2.24) is 5.32 Å². The molecule has 1 aliphatic heterocycles. The average molecular weight is 301 g/mol. The van der Waals surface area contributed by atoms with Crippen LogP contribution in [0.1, 0.15) is 43.9 Å². The van der Waals surface area contributed by atoms with E-state index in [1.165, 1.54) is 0 Å². The van der Waals surface area contributed by atoms with Gasteiger partial charge in [-0.25, -0.2) is 0 Å². The van der Waals surface area contributed by atoms with Gasteiger partial charge in [0.1, 0.15) is 0 Å². The molecule has 0 unspecified atom stereocenters. The zero-order valence-electron chi connectivity index (χ0n) is 12.4. The second-order valence-electron chi connectivity index (χ2n) is 5.89. The highest BCUT2D eigenvalue weighted by molar-refractivity contribution is 5.27. The predicted molar refractivity (Wildman–Crippen MR) is 76.0 cm³/mol. The number of benzene rings is 1. The third-order valence-electron chi connectivity index (χ3n) is 3.90. The zero-order chi connectivity index (χ0) is 15.5. The molecule has 0 radical (unpaired) electrons. The van der Waals surface area contributed by atoms with Crippen molar-refractivity contribution in [2.75, 3.05) is 13.2 Å². The standard InChI is InChI=1S/C16H22F3NO/c1-11(2)15(20-14-7-9-21-10-8-14)12-3-5-13(6-4-12)16(17,18)19/h3-6,11,14-15,20H,7-10H2,1-2H3/t15-/m1/s1. The third-order valence-corrected chi connectivity index (χ3v) is 3.90. The Morgan fingerprint density at radius 2 is 1.67 bits per heavy atom. The van der Waals surface area contributed by atoms with Crippen LogP contribution in [0.4, 0.5) is 13.2 Å². The van der Waals surface area contributed by atoms with Gasteiger partial charge in [-0.2, -0.15) is 13.2 Å². The van der Waals surface area contributed by atoms with Crippen molar-refractivity contribution in [2.45, 2.75) is 44.9 Å². The van der Waals surface area contributed by atoms with E-state index >= 15 is 0 Å². The molecule has 21 heavy (non-hydrogen) atoms. The monoisotopic (exact) mass is 301 g/mol. The normalized spacial score (nSPS) is 19.0. The van der Waals surface area contributed by atoms with Gasteiger partial charge in [0, 0.05) is 25.3 Å². The van der Waals surface area contributed by atoms with Crippen LogP contribution in [0.25, 0.3) is 0 Å². The Morgan fingerprint density at radius 3 is 2.14 bits per heavy atom. The van der Waals surface area contributed by atoms with E-state index in [9.17, 15) is 13.2 Å². The molecule has 1 saturated heterocycles. The SMILES string of the molecule is CC(C)[C@@H](NC1CCOCC1)c1ccc(C(F)(F)F)cc1. The van der Waals surface area contributed by atoms with E-state index in [1.807, 2.05) is 0 Å². The molecule has 0 amide bonds. The second kappa shape index (κ2) is 6.79. The van der Waals surface area contributed by atoms with Crippen LogP contribution in [0.3, 0.4) is 0 Å². The number of nitrogens with one attached hydrogen (secondary N) is 1. The fourth-order valence-corrected chi connectivity index (χ4v) is 2.67. The highest BCUT2D eigenvalue weighted by Gasteiger charge is 2.30. The van der Waals surface area contributed by atoms with Gasteiger partial charge in [0.15, 0.2) is 0 Å². The third kappa shape index (κ3) is 4.45. The van der Waals surface area contributed by atoms with Crippen LogP contribution in [-0.4, -0.2) is 19.3 Å². The minimum absolute atomic E-state index is 0.0652. The first-order valence-electron chi connectivity index (χ1n) is 7.39.